The van der Waals surface area contributed by atoms with Gasteiger partial charge in [0.15, 0.2) is 0 Å². The van der Waals surface area contributed by atoms with Crippen molar-refractivity contribution in [2.24, 2.45) is 5.92 Å². The Hall–Kier alpha value is -0.930. The Morgan fingerprint density at radius 1 is 1.06 bits per heavy atom. The molecule has 1 aliphatic carbocycles. The van der Waals surface area contributed by atoms with E-state index in [2.05, 4.69) is 42.5 Å². The van der Waals surface area contributed by atoms with Crippen LogP contribution in [0.2, 0.25) is 0 Å². The maximum Gasteiger partial charge on any atom is 0.0258 e. The number of halogens is 1. The van der Waals surface area contributed by atoms with Gasteiger partial charge in [0.1, 0.15) is 0 Å². The predicted octanol–water partition coefficient (Wildman–Crippen LogP) is 4.53. The van der Waals surface area contributed by atoms with E-state index in [0.717, 1.165) is 17.4 Å². The molecule has 16 heavy (non-hydrogen) atoms. The van der Waals surface area contributed by atoms with Gasteiger partial charge in [-0.15, -0.1) is 0 Å². The molecule has 0 heterocycles. The number of rotatable bonds is 1. The van der Waals surface area contributed by atoms with Crippen molar-refractivity contribution in [1.82, 2.24) is 0 Å². The Morgan fingerprint density at radius 2 is 1.69 bits per heavy atom. The quantitative estimate of drug-likeness (QED) is 0.625. The largest absolute Gasteiger partial charge is 0.0625 e. The molecule has 1 aromatic rings. The molecule has 0 bridgehead atoms. The van der Waals surface area contributed by atoms with Gasteiger partial charge >= 0.3 is 0 Å². The third-order valence-corrected chi connectivity index (χ3v) is 3.68. The molecule has 0 N–H and O–H groups in total. The summed E-state index contributed by atoms with van der Waals surface area (Å²) in [6.07, 6.45) is 5.41. The molecule has 1 fully saturated rings. The van der Waals surface area contributed by atoms with Gasteiger partial charge in [0.25, 0.3) is 0 Å². The van der Waals surface area contributed by atoms with E-state index in [1.807, 2.05) is 0 Å². The van der Waals surface area contributed by atoms with Crippen LogP contribution in [0, 0.1) is 17.2 Å². The molecule has 0 amide bonds. The van der Waals surface area contributed by atoms with Crippen LogP contribution in [-0.4, -0.2) is 0 Å². The summed E-state index contributed by atoms with van der Waals surface area (Å²) < 4.78 is 0. The molecule has 0 saturated heterocycles. The SMILES string of the molecule is CC1CCC(c2ccc(C#CCl)cc2)CC1. The maximum absolute atomic E-state index is 5.38. The van der Waals surface area contributed by atoms with E-state index in [9.17, 15) is 0 Å². The molecular weight excluding hydrogens is 216 g/mol. The molecule has 1 saturated carbocycles. The zero-order valence-electron chi connectivity index (χ0n) is 9.67. The van der Waals surface area contributed by atoms with E-state index in [0.29, 0.717) is 0 Å². The summed E-state index contributed by atoms with van der Waals surface area (Å²) >= 11 is 5.38. The number of hydrogen-bond acceptors (Lipinski definition) is 0. The topological polar surface area (TPSA) is 0 Å². The zero-order valence-corrected chi connectivity index (χ0v) is 10.4. The fraction of sp³-hybridized carbons (Fsp3) is 0.467. The third-order valence-electron chi connectivity index (χ3n) is 3.59. The summed E-state index contributed by atoms with van der Waals surface area (Å²) in [5, 5.41) is 2.41. The second kappa shape index (κ2) is 5.41. The minimum absolute atomic E-state index is 0.759. The molecule has 0 aromatic heterocycles. The highest BCUT2D eigenvalue weighted by molar-refractivity contribution is 6.30. The lowest BCUT2D eigenvalue weighted by Gasteiger charge is -2.26. The molecule has 0 atom stereocenters. The third kappa shape index (κ3) is 2.80. The monoisotopic (exact) mass is 232 g/mol. The average Bonchev–Trinajstić information content (AvgIpc) is 2.32. The second-order valence-electron chi connectivity index (χ2n) is 4.80. The molecule has 1 aromatic carbocycles. The van der Waals surface area contributed by atoms with Gasteiger partial charge < -0.3 is 0 Å². The summed E-state index contributed by atoms with van der Waals surface area (Å²) in [6.45, 7) is 2.36. The molecule has 0 aliphatic heterocycles. The highest BCUT2D eigenvalue weighted by Crippen LogP contribution is 2.35. The van der Waals surface area contributed by atoms with Gasteiger partial charge in [-0.3, -0.25) is 0 Å². The van der Waals surface area contributed by atoms with E-state index < -0.39 is 0 Å². The van der Waals surface area contributed by atoms with Crippen molar-refractivity contribution in [3.05, 3.63) is 35.4 Å². The first-order valence-corrected chi connectivity index (χ1v) is 6.39. The lowest BCUT2D eigenvalue weighted by molar-refractivity contribution is 0.348. The van der Waals surface area contributed by atoms with E-state index in [-0.39, 0.29) is 0 Å². The first-order valence-electron chi connectivity index (χ1n) is 6.01. The first-order chi connectivity index (χ1) is 7.79. The van der Waals surface area contributed by atoms with E-state index in [1.54, 1.807) is 0 Å². The van der Waals surface area contributed by atoms with Gasteiger partial charge in [0, 0.05) is 10.9 Å². The summed E-state index contributed by atoms with van der Waals surface area (Å²) in [4.78, 5) is 0. The molecule has 1 aliphatic rings. The fourth-order valence-electron chi connectivity index (χ4n) is 2.49. The highest BCUT2D eigenvalue weighted by Gasteiger charge is 2.19. The number of benzene rings is 1. The maximum atomic E-state index is 5.38. The fourth-order valence-corrected chi connectivity index (χ4v) is 2.60. The van der Waals surface area contributed by atoms with Crippen molar-refractivity contribution in [1.29, 1.82) is 0 Å². The Labute approximate surface area is 103 Å². The molecule has 0 unspecified atom stereocenters. The van der Waals surface area contributed by atoms with Crippen molar-refractivity contribution < 1.29 is 0 Å². The average molecular weight is 233 g/mol. The van der Waals surface area contributed by atoms with Crippen molar-refractivity contribution in [3.63, 3.8) is 0 Å². The van der Waals surface area contributed by atoms with Gasteiger partial charge in [-0.05, 0) is 59.9 Å². The summed E-state index contributed by atoms with van der Waals surface area (Å²) in [5.74, 6) is 4.53. The highest BCUT2D eigenvalue weighted by atomic mass is 35.5. The molecular formula is C15H17Cl. The van der Waals surface area contributed by atoms with Gasteiger partial charge in [-0.2, -0.15) is 0 Å². The molecule has 1 heteroatoms. The van der Waals surface area contributed by atoms with E-state index in [4.69, 9.17) is 11.6 Å². The van der Waals surface area contributed by atoms with Crippen LogP contribution in [0.5, 0.6) is 0 Å². The molecule has 0 radical (unpaired) electrons. The van der Waals surface area contributed by atoms with Gasteiger partial charge in [0.05, 0.1) is 0 Å². The van der Waals surface area contributed by atoms with Crippen molar-refractivity contribution in [2.45, 2.75) is 38.5 Å². The predicted molar refractivity (Wildman–Crippen MR) is 69.5 cm³/mol. The summed E-state index contributed by atoms with van der Waals surface area (Å²) in [7, 11) is 0. The Bertz CT molecular complexity index is 386. The van der Waals surface area contributed by atoms with Crippen LogP contribution >= 0.6 is 11.6 Å². The summed E-state index contributed by atoms with van der Waals surface area (Å²) in [5.41, 5.74) is 2.47. The van der Waals surface area contributed by atoms with Crippen LogP contribution in [0.3, 0.4) is 0 Å². The standard InChI is InChI=1S/C15H17Cl/c1-12-2-6-14(7-3-12)15-8-4-13(5-9-15)10-11-16/h4-5,8-9,12,14H,2-3,6-7H2,1H3. The van der Waals surface area contributed by atoms with Crippen LogP contribution in [-0.2, 0) is 0 Å². The van der Waals surface area contributed by atoms with E-state index in [1.165, 1.54) is 31.2 Å². The zero-order chi connectivity index (χ0) is 11.4. The van der Waals surface area contributed by atoms with Crippen LogP contribution < -0.4 is 0 Å². The normalized spacial score (nSPS) is 24.6. The Balaban J connectivity index is 2.06. The molecule has 0 spiro atoms. The van der Waals surface area contributed by atoms with Crippen LogP contribution in [0.25, 0.3) is 0 Å². The molecule has 0 nitrogen and oxygen atoms in total. The summed E-state index contributed by atoms with van der Waals surface area (Å²) in [6, 6.07) is 8.56. The van der Waals surface area contributed by atoms with Gasteiger partial charge in [-0.1, -0.05) is 31.9 Å². The van der Waals surface area contributed by atoms with Crippen LogP contribution in [0.4, 0.5) is 0 Å². The number of hydrogen-bond donors (Lipinski definition) is 0. The van der Waals surface area contributed by atoms with Crippen molar-refractivity contribution >= 4 is 11.6 Å². The Kier molecular flexibility index (Phi) is 3.91. The minimum Gasteiger partial charge on any atom is -0.0625 e. The van der Waals surface area contributed by atoms with Gasteiger partial charge in [-0.25, -0.2) is 0 Å². The molecule has 2 rings (SSSR count). The van der Waals surface area contributed by atoms with Crippen molar-refractivity contribution in [3.8, 4) is 11.3 Å². The lowest BCUT2D eigenvalue weighted by atomic mass is 9.79. The Morgan fingerprint density at radius 3 is 2.25 bits per heavy atom. The van der Waals surface area contributed by atoms with E-state index >= 15 is 0 Å². The minimum atomic E-state index is 0.759. The smallest absolute Gasteiger partial charge is 0.0258 e. The lowest BCUT2D eigenvalue weighted by Crippen LogP contribution is -2.10. The van der Waals surface area contributed by atoms with Crippen molar-refractivity contribution in [2.75, 3.05) is 0 Å². The van der Waals surface area contributed by atoms with Crippen LogP contribution in [0.15, 0.2) is 24.3 Å². The van der Waals surface area contributed by atoms with Crippen LogP contribution in [0.1, 0.15) is 49.7 Å². The molecule has 84 valence electrons. The van der Waals surface area contributed by atoms with Gasteiger partial charge in [0.2, 0.25) is 0 Å². The first kappa shape index (κ1) is 11.6. The second-order valence-corrected chi connectivity index (χ2v) is 4.99.